The predicted octanol–water partition coefficient (Wildman–Crippen LogP) is 2.61. The standard InChI is InChI=1S/C14H17N3OS/c1-10-7-13(15-2)17-14(16-10)9-19-12-5-3-11(8-18)4-6-12/h3-7,18H,8-9H2,1-2H3,(H,15,16,17). The number of nitrogens with zero attached hydrogens (tertiary/aromatic N) is 2. The number of aliphatic hydroxyl groups is 1. The molecule has 19 heavy (non-hydrogen) atoms. The molecule has 1 aromatic carbocycles. The molecule has 0 aliphatic heterocycles. The fraction of sp³-hybridized carbons (Fsp3) is 0.286. The first-order chi connectivity index (χ1) is 9.21. The molecule has 2 aromatic rings. The second-order valence-corrected chi connectivity index (χ2v) is 5.20. The highest BCUT2D eigenvalue weighted by atomic mass is 32.2. The van der Waals surface area contributed by atoms with E-state index in [-0.39, 0.29) is 6.61 Å². The molecule has 5 heteroatoms. The van der Waals surface area contributed by atoms with Crippen molar-refractivity contribution in [3.8, 4) is 0 Å². The number of hydrogen-bond donors (Lipinski definition) is 2. The second kappa shape index (κ2) is 6.54. The molecule has 0 spiro atoms. The molecule has 4 nitrogen and oxygen atoms in total. The molecule has 2 rings (SSSR count). The number of rotatable bonds is 5. The minimum Gasteiger partial charge on any atom is -0.392 e. The number of aromatic nitrogens is 2. The molecule has 2 N–H and O–H groups in total. The van der Waals surface area contributed by atoms with E-state index >= 15 is 0 Å². The number of hydrogen-bond acceptors (Lipinski definition) is 5. The molecule has 0 saturated carbocycles. The van der Waals surface area contributed by atoms with Gasteiger partial charge >= 0.3 is 0 Å². The Morgan fingerprint density at radius 1 is 1.21 bits per heavy atom. The largest absolute Gasteiger partial charge is 0.392 e. The first-order valence-corrected chi connectivity index (χ1v) is 7.04. The predicted molar refractivity (Wildman–Crippen MR) is 78.2 cm³/mol. The van der Waals surface area contributed by atoms with Crippen molar-refractivity contribution in [2.24, 2.45) is 0 Å². The smallest absolute Gasteiger partial charge is 0.141 e. The lowest BCUT2D eigenvalue weighted by Crippen LogP contribution is -2.00. The lowest BCUT2D eigenvalue weighted by atomic mass is 10.2. The Hall–Kier alpha value is -1.59. The van der Waals surface area contributed by atoms with Crippen LogP contribution < -0.4 is 5.32 Å². The summed E-state index contributed by atoms with van der Waals surface area (Å²) in [4.78, 5) is 9.98. The van der Waals surface area contributed by atoms with Crippen molar-refractivity contribution in [3.63, 3.8) is 0 Å². The summed E-state index contributed by atoms with van der Waals surface area (Å²) in [6, 6.07) is 9.79. The summed E-state index contributed by atoms with van der Waals surface area (Å²) in [7, 11) is 1.85. The van der Waals surface area contributed by atoms with Crippen LogP contribution in [0.15, 0.2) is 35.2 Å². The summed E-state index contributed by atoms with van der Waals surface area (Å²) < 4.78 is 0. The molecule has 0 unspecified atom stereocenters. The Balaban J connectivity index is 2.03. The van der Waals surface area contributed by atoms with Crippen molar-refractivity contribution in [1.29, 1.82) is 0 Å². The minimum atomic E-state index is 0.0808. The molecule has 0 bridgehead atoms. The molecular weight excluding hydrogens is 258 g/mol. The van der Waals surface area contributed by atoms with Crippen LogP contribution in [0.3, 0.4) is 0 Å². The highest BCUT2D eigenvalue weighted by Gasteiger charge is 2.03. The van der Waals surface area contributed by atoms with Gasteiger partial charge in [0.1, 0.15) is 11.6 Å². The van der Waals surface area contributed by atoms with Crippen LogP contribution in [0.5, 0.6) is 0 Å². The van der Waals surface area contributed by atoms with E-state index in [1.54, 1.807) is 11.8 Å². The normalized spacial score (nSPS) is 10.5. The van der Waals surface area contributed by atoms with Crippen molar-refractivity contribution in [2.45, 2.75) is 24.2 Å². The van der Waals surface area contributed by atoms with E-state index < -0.39 is 0 Å². The fourth-order valence-electron chi connectivity index (χ4n) is 1.66. The zero-order valence-corrected chi connectivity index (χ0v) is 11.9. The zero-order chi connectivity index (χ0) is 13.7. The number of benzene rings is 1. The van der Waals surface area contributed by atoms with Gasteiger partial charge in [-0.05, 0) is 24.6 Å². The Kier molecular flexibility index (Phi) is 4.76. The van der Waals surface area contributed by atoms with Gasteiger partial charge < -0.3 is 10.4 Å². The molecule has 0 saturated heterocycles. The van der Waals surface area contributed by atoms with Crippen molar-refractivity contribution in [2.75, 3.05) is 12.4 Å². The molecule has 0 amide bonds. The van der Waals surface area contributed by atoms with Crippen LogP contribution in [-0.4, -0.2) is 22.1 Å². The van der Waals surface area contributed by atoms with Gasteiger partial charge in [-0.3, -0.25) is 0 Å². The first-order valence-electron chi connectivity index (χ1n) is 6.06. The van der Waals surface area contributed by atoms with E-state index in [2.05, 4.69) is 15.3 Å². The Bertz CT molecular complexity index is 543. The number of aliphatic hydroxyl groups excluding tert-OH is 1. The molecule has 1 heterocycles. The maximum absolute atomic E-state index is 8.99. The lowest BCUT2D eigenvalue weighted by Gasteiger charge is -2.06. The van der Waals surface area contributed by atoms with Crippen LogP contribution in [0.4, 0.5) is 5.82 Å². The van der Waals surface area contributed by atoms with Gasteiger partial charge in [0.15, 0.2) is 0 Å². The monoisotopic (exact) mass is 275 g/mol. The van der Waals surface area contributed by atoms with E-state index in [0.717, 1.165) is 33.5 Å². The van der Waals surface area contributed by atoms with Gasteiger partial charge in [-0.15, -0.1) is 11.8 Å². The number of thioether (sulfide) groups is 1. The summed E-state index contributed by atoms with van der Waals surface area (Å²) in [5, 5.41) is 12.0. The van der Waals surface area contributed by atoms with E-state index in [1.165, 1.54) is 0 Å². The van der Waals surface area contributed by atoms with Crippen LogP contribution in [0.25, 0.3) is 0 Å². The second-order valence-electron chi connectivity index (χ2n) is 4.15. The summed E-state index contributed by atoms with van der Waals surface area (Å²) in [5.41, 5.74) is 1.89. The van der Waals surface area contributed by atoms with Crippen LogP contribution >= 0.6 is 11.8 Å². The highest BCUT2D eigenvalue weighted by molar-refractivity contribution is 7.98. The Morgan fingerprint density at radius 2 is 1.95 bits per heavy atom. The molecule has 0 aliphatic carbocycles. The van der Waals surface area contributed by atoms with Crippen molar-refractivity contribution in [1.82, 2.24) is 9.97 Å². The third-order valence-electron chi connectivity index (χ3n) is 2.63. The lowest BCUT2D eigenvalue weighted by molar-refractivity contribution is 0.282. The van der Waals surface area contributed by atoms with Crippen molar-refractivity contribution in [3.05, 3.63) is 47.4 Å². The summed E-state index contributed by atoms with van der Waals surface area (Å²) in [6.45, 7) is 2.05. The van der Waals surface area contributed by atoms with E-state index in [9.17, 15) is 0 Å². The van der Waals surface area contributed by atoms with Gasteiger partial charge in [0, 0.05) is 23.7 Å². The molecule has 1 aromatic heterocycles. The van der Waals surface area contributed by atoms with E-state index in [0.29, 0.717) is 0 Å². The van der Waals surface area contributed by atoms with Gasteiger partial charge in [-0.2, -0.15) is 0 Å². The van der Waals surface area contributed by atoms with Gasteiger partial charge in [0.25, 0.3) is 0 Å². The van der Waals surface area contributed by atoms with E-state index in [1.807, 2.05) is 44.3 Å². The summed E-state index contributed by atoms with van der Waals surface area (Å²) >= 11 is 1.69. The number of anilines is 1. The van der Waals surface area contributed by atoms with Gasteiger partial charge in [0.05, 0.1) is 12.4 Å². The average molecular weight is 275 g/mol. The van der Waals surface area contributed by atoms with Crippen LogP contribution in [-0.2, 0) is 12.4 Å². The maximum Gasteiger partial charge on any atom is 0.141 e. The number of aryl methyl sites for hydroxylation is 1. The van der Waals surface area contributed by atoms with Crippen molar-refractivity contribution < 1.29 is 5.11 Å². The summed E-state index contributed by atoms with van der Waals surface area (Å²) in [6.07, 6.45) is 0. The van der Waals surface area contributed by atoms with Crippen molar-refractivity contribution >= 4 is 17.6 Å². The zero-order valence-electron chi connectivity index (χ0n) is 11.1. The fourth-order valence-corrected chi connectivity index (χ4v) is 2.42. The van der Waals surface area contributed by atoms with E-state index in [4.69, 9.17) is 5.11 Å². The quantitative estimate of drug-likeness (QED) is 0.821. The highest BCUT2D eigenvalue weighted by Crippen LogP contribution is 2.22. The third-order valence-corrected chi connectivity index (χ3v) is 3.64. The Morgan fingerprint density at radius 3 is 2.58 bits per heavy atom. The van der Waals surface area contributed by atoms with Crippen LogP contribution in [0.1, 0.15) is 17.1 Å². The first kappa shape index (κ1) is 13.8. The average Bonchev–Trinajstić information content (AvgIpc) is 2.45. The SMILES string of the molecule is CNc1cc(C)nc(CSc2ccc(CO)cc2)n1. The molecular formula is C14H17N3OS. The van der Waals surface area contributed by atoms with Crippen LogP contribution in [0, 0.1) is 6.92 Å². The Labute approximate surface area is 117 Å². The van der Waals surface area contributed by atoms with Gasteiger partial charge in [-0.25, -0.2) is 9.97 Å². The van der Waals surface area contributed by atoms with Gasteiger partial charge in [0.2, 0.25) is 0 Å². The number of nitrogens with one attached hydrogen (secondary N) is 1. The molecule has 100 valence electrons. The minimum absolute atomic E-state index is 0.0808. The molecule has 0 atom stereocenters. The topological polar surface area (TPSA) is 58.0 Å². The molecule has 0 radical (unpaired) electrons. The van der Waals surface area contributed by atoms with Gasteiger partial charge in [-0.1, -0.05) is 12.1 Å². The summed E-state index contributed by atoms with van der Waals surface area (Å²) in [5.74, 6) is 2.40. The third kappa shape index (κ3) is 3.94. The molecule has 0 aliphatic rings. The maximum atomic E-state index is 8.99. The molecule has 0 fully saturated rings. The van der Waals surface area contributed by atoms with Crippen LogP contribution in [0.2, 0.25) is 0 Å².